The molecule has 0 bridgehead atoms. The Balaban J connectivity index is 4.09. The van der Waals surface area contributed by atoms with Crippen molar-refractivity contribution in [3.05, 3.63) is 0 Å². The van der Waals surface area contributed by atoms with E-state index in [4.69, 9.17) is 9.47 Å². The summed E-state index contributed by atoms with van der Waals surface area (Å²) in [6.45, 7) is 8.61. The number of ether oxygens (including phenoxy) is 2. The minimum Gasteiger partial charge on any atom is -0.346 e. The van der Waals surface area contributed by atoms with Crippen LogP contribution in [0, 0.1) is 5.92 Å². The second-order valence-electron chi connectivity index (χ2n) is 2.95. The maximum Gasteiger partial charge on any atom is 0.218 e. The summed E-state index contributed by atoms with van der Waals surface area (Å²) in [7, 11) is 0. The Morgan fingerprint density at radius 2 is 1.62 bits per heavy atom. The van der Waals surface area contributed by atoms with Gasteiger partial charge in [-0.05, 0) is 20.3 Å². The number of ketones is 1. The van der Waals surface area contributed by atoms with Gasteiger partial charge >= 0.3 is 0 Å². The fourth-order valence-electron chi connectivity index (χ4n) is 0.949. The first kappa shape index (κ1) is 12.6. The summed E-state index contributed by atoms with van der Waals surface area (Å²) < 4.78 is 10.4. The molecule has 0 amide bonds. The van der Waals surface area contributed by atoms with Crippen LogP contribution in [0.5, 0.6) is 0 Å². The van der Waals surface area contributed by atoms with Crippen LogP contribution in [0.2, 0.25) is 0 Å². The van der Waals surface area contributed by atoms with Gasteiger partial charge in [-0.15, -0.1) is 0 Å². The number of carbonyl (C=O) groups is 1. The molecular weight excluding hydrogens is 168 g/mol. The minimum absolute atomic E-state index is 0.0168. The highest BCUT2D eigenvalue weighted by Crippen LogP contribution is 2.09. The lowest BCUT2D eigenvalue weighted by atomic mass is 10.0. The van der Waals surface area contributed by atoms with Crippen LogP contribution in [-0.2, 0) is 14.3 Å². The molecule has 3 nitrogen and oxygen atoms in total. The van der Waals surface area contributed by atoms with E-state index in [0.29, 0.717) is 13.2 Å². The molecule has 0 rings (SSSR count). The van der Waals surface area contributed by atoms with Crippen LogP contribution in [0.1, 0.15) is 34.1 Å². The van der Waals surface area contributed by atoms with Gasteiger partial charge in [-0.1, -0.05) is 13.8 Å². The normalized spacial score (nSPS) is 13.3. The Morgan fingerprint density at radius 1 is 1.15 bits per heavy atom. The number of rotatable bonds is 7. The van der Waals surface area contributed by atoms with E-state index in [1.807, 2.05) is 27.7 Å². The first-order valence-corrected chi connectivity index (χ1v) is 4.94. The summed E-state index contributed by atoms with van der Waals surface area (Å²) in [4.78, 5) is 11.6. The number of hydrogen-bond donors (Lipinski definition) is 0. The maximum absolute atomic E-state index is 11.6. The van der Waals surface area contributed by atoms with Crippen LogP contribution in [0.3, 0.4) is 0 Å². The average Bonchev–Trinajstić information content (AvgIpc) is 2.15. The van der Waals surface area contributed by atoms with Crippen LogP contribution in [-0.4, -0.2) is 25.3 Å². The highest BCUT2D eigenvalue weighted by Gasteiger charge is 2.23. The number of carbonyl (C=O) groups excluding carboxylic acids is 1. The standard InChI is InChI=1S/C10H20O3/c1-5-8(4)9(11)10(12-6-2)13-7-3/h8,10H,5-7H2,1-4H3. The molecule has 0 fully saturated rings. The molecule has 78 valence electrons. The third-order valence-electron chi connectivity index (χ3n) is 1.97. The Hall–Kier alpha value is -0.410. The van der Waals surface area contributed by atoms with Crippen molar-refractivity contribution in [3.63, 3.8) is 0 Å². The molecule has 1 atom stereocenters. The molecule has 0 aliphatic heterocycles. The molecule has 3 heteroatoms. The lowest BCUT2D eigenvalue weighted by molar-refractivity contribution is -0.171. The molecule has 0 saturated heterocycles. The Morgan fingerprint density at radius 3 is 1.92 bits per heavy atom. The van der Waals surface area contributed by atoms with Crippen molar-refractivity contribution >= 4 is 5.78 Å². The summed E-state index contributed by atoms with van der Waals surface area (Å²) in [6, 6.07) is 0. The summed E-state index contributed by atoms with van der Waals surface area (Å²) in [5.74, 6) is 0.0642. The smallest absolute Gasteiger partial charge is 0.218 e. The van der Waals surface area contributed by atoms with Gasteiger partial charge in [0.15, 0.2) is 5.78 Å². The molecule has 0 aromatic carbocycles. The predicted octanol–water partition coefficient (Wildman–Crippen LogP) is 2.00. The van der Waals surface area contributed by atoms with E-state index in [1.165, 1.54) is 0 Å². The second-order valence-corrected chi connectivity index (χ2v) is 2.95. The molecule has 1 unspecified atom stereocenters. The molecular formula is C10H20O3. The summed E-state index contributed by atoms with van der Waals surface area (Å²) in [5.41, 5.74) is 0. The predicted molar refractivity (Wildman–Crippen MR) is 51.5 cm³/mol. The SMILES string of the molecule is CCOC(OCC)C(=O)C(C)CC. The molecule has 0 radical (unpaired) electrons. The quantitative estimate of drug-likeness (QED) is 0.573. The van der Waals surface area contributed by atoms with Crippen molar-refractivity contribution in [2.24, 2.45) is 5.92 Å². The topological polar surface area (TPSA) is 35.5 Å². The summed E-state index contributed by atoms with van der Waals surface area (Å²) in [6.07, 6.45) is 0.167. The van der Waals surface area contributed by atoms with Gasteiger partial charge in [-0.3, -0.25) is 4.79 Å². The van der Waals surface area contributed by atoms with Gasteiger partial charge in [0.1, 0.15) is 0 Å². The molecule has 0 aromatic rings. The van der Waals surface area contributed by atoms with Crippen LogP contribution in [0.15, 0.2) is 0 Å². The lowest BCUT2D eigenvalue weighted by Crippen LogP contribution is -2.31. The Labute approximate surface area is 80.4 Å². The van der Waals surface area contributed by atoms with Crippen LogP contribution >= 0.6 is 0 Å². The zero-order valence-corrected chi connectivity index (χ0v) is 9.00. The number of Topliss-reactive ketones (excluding diaryl/α,β-unsaturated/α-hetero) is 1. The second kappa shape index (κ2) is 7.04. The molecule has 0 aliphatic rings. The molecule has 0 heterocycles. The zero-order chi connectivity index (χ0) is 10.3. The van der Waals surface area contributed by atoms with Crippen molar-refractivity contribution in [1.82, 2.24) is 0 Å². The third kappa shape index (κ3) is 4.39. The van der Waals surface area contributed by atoms with E-state index < -0.39 is 6.29 Å². The third-order valence-corrected chi connectivity index (χ3v) is 1.97. The van der Waals surface area contributed by atoms with E-state index in [0.717, 1.165) is 6.42 Å². The van der Waals surface area contributed by atoms with Gasteiger partial charge in [-0.2, -0.15) is 0 Å². The molecule has 0 spiro atoms. The first-order valence-electron chi connectivity index (χ1n) is 4.94. The van der Waals surface area contributed by atoms with E-state index in [9.17, 15) is 4.79 Å². The van der Waals surface area contributed by atoms with E-state index in [2.05, 4.69) is 0 Å². The van der Waals surface area contributed by atoms with Crippen LogP contribution in [0.4, 0.5) is 0 Å². The lowest BCUT2D eigenvalue weighted by Gasteiger charge is -2.18. The Kier molecular flexibility index (Phi) is 6.82. The highest BCUT2D eigenvalue weighted by molar-refractivity contribution is 5.83. The number of hydrogen-bond acceptors (Lipinski definition) is 3. The minimum atomic E-state index is -0.662. The fraction of sp³-hybridized carbons (Fsp3) is 0.900. The summed E-state index contributed by atoms with van der Waals surface area (Å²) in [5, 5.41) is 0. The van der Waals surface area contributed by atoms with Gasteiger partial charge in [0.25, 0.3) is 0 Å². The van der Waals surface area contributed by atoms with E-state index in [-0.39, 0.29) is 11.7 Å². The maximum atomic E-state index is 11.6. The fourth-order valence-corrected chi connectivity index (χ4v) is 0.949. The van der Waals surface area contributed by atoms with Crippen molar-refractivity contribution in [2.45, 2.75) is 40.4 Å². The van der Waals surface area contributed by atoms with Crippen LogP contribution in [0.25, 0.3) is 0 Å². The van der Waals surface area contributed by atoms with E-state index in [1.54, 1.807) is 0 Å². The van der Waals surface area contributed by atoms with Crippen molar-refractivity contribution in [2.75, 3.05) is 13.2 Å². The average molecular weight is 188 g/mol. The monoisotopic (exact) mass is 188 g/mol. The largest absolute Gasteiger partial charge is 0.346 e. The molecule has 0 N–H and O–H groups in total. The molecule has 0 aliphatic carbocycles. The first-order chi connectivity index (χ1) is 6.17. The van der Waals surface area contributed by atoms with Gasteiger partial charge in [-0.25, -0.2) is 0 Å². The zero-order valence-electron chi connectivity index (χ0n) is 9.00. The van der Waals surface area contributed by atoms with E-state index >= 15 is 0 Å². The summed E-state index contributed by atoms with van der Waals surface area (Å²) >= 11 is 0. The van der Waals surface area contributed by atoms with Crippen molar-refractivity contribution in [1.29, 1.82) is 0 Å². The molecule has 0 saturated carbocycles. The van der Waals surface area contributed by atoms with Gasteiger partial charge in [0.05, 0.1) is 0 Å². The molecule has 0 aromatic heterocycles. The van der Waals surface area contributed by atoms with Gasteiger partial charge in [0.2, 0.25) is 6.29 Å². The highest BCUT2D eigenvalue weighted by atomic mass is 16.7. The van der Waals surface area contributed by atoms with Crippen molar-refractivity contribution < 1.29 is 14.3 Å². The Bertz CT molecular complexity index is 139. The van der Waals surface area contributed by atoms with Crippen LogP contribution < -0.4 is 0 Å². The van der Waals surface area contributed by atoms with Gasteiger partial charge in [0, 0.05) is 19.1 Å². The molecule has 13 heavy (non-hydrogen) atoms. The van der Waals surface area contributed by atoms with Crippen molar-refractivity contribution in [3.8, 4) is 0 Å². The van der Waals surface area contributed by atoms with Gasteiger partial charge < -0.3 is 9.47 Å².